The lowest BCUT2D eigenvalue weighted by molar-refractivity contribution is -0.385. The lowest BCUT2D eigenvalue weighted by Gasteiger charge is -2.22. The molecule has 1 rings (SSSR count). The molecule has 0 N–H and O–H groups in total. The Morgan fingerprint density at radius 1 is 1.19 bits per heavy atom. The van der Waals surface area contributed by atoms with Gasteiger partial charge in [-0.3, -0.25) is 19.7 Å². The minimum Gasteiger partial charge on any atom is -0.490 e. The second kappa shape index (κ2) is 11.1. The third kappa shape index (κ3) is 6.34. The van der Waals surface area contributed by atoms with Crippen molar-refractivity contribution in [2.24, 2.45) is 0 Å². The molecule has 0 bridgehead atoms. The summed E-state index contributed by atoms with van der Waals surface area (Å²) in [7, 11) is 1.33. The van der Waals surface area contributed by atoms with Crippen LogP contribution in [-0.4, -0.2) is 48.5 Å². The predicted octanol–water partition coefficient (Wildman–Crippen LogP) is 3.19. The van der Waals surface area contributed by atoms with Crippen LogP contribution in [0.1, 0.15) is 49.9 Å². The zero-order valence-electron chi connectivity index (χ0n) is 15.5. The van der Waals surface area contributed by atoms with Crippen LogP contribution in [0, 0.1) is 10.1 Å². The van der Waals surface area contributed by atoms with Gasteiger partial charge < -0.3 is 14.4 Å². The molecule has 0 saturated heterocycles. The normalized spacial score (nSPS) is 10.3. The number of rotatable bonds is 11. The van der Waals surface area contributed by atoms with Gasteiger partial charge in [0.05, 0.1) is 25.1 Å². The van der Waals surface area contributed by atoms with E-state index in [-0.39, 0.29) is 48.4 Å². The molecular weight excluding hydrogens is 340 g/mol. The van der Waals surface area contributed by atoms with E-state index in [1.807, 2.05) is 0 Å². The van der Waals surface area contributed by atoms with E-state index in [4.69, 9.17) is 9.47 Å². The fourth-order valence-corrected chi connectivity index (χ4v) is 2.48. The minimum absolute atomic E-state index is 0.0873. The quantitative estimate of drug-likeness (QED) is 0.258. The molecule has 0 atom stereocenters. The summed E-state index contributed by atoms with van der Waals surface area (Å²) in [5, 5.41) is 11.2. The second-order valence-corrected chi connectivity index (χ2v) is 5.70. The van der Waals surface area contributed by atoms with Gasteiger partial charge in [-0.15, -0.1) is 0 Å². The average Bonchev–Trinajstić information content (AvgIpc) is 2.63. The lowest BCUT2D eigenvalue weighted by Crippen LogP contribution is -2.34. The number of amides is 1. The number of carbonyl (C=O) groups is 2. The van der Waals surface area contributed by atoms with Crippen LogP contribution < -0.4 is 4.74 Å². The van der Waals surface area contributed by atoms with Gasteiger partial charge in [-0.25, -0.2) is 0 Å². The summed E-state index contributed by atoms with van der Waals surface area (Å²) in [5.41, 5.74) is -0.0740. The van der Waals surface area contributed by atoms with Crippen LogP contribution in [0.3, 0.4) is 0 Å². The molecule has 0 unspecified atom stereocenters. The monoisotopic (exact) mass is 366 g/mol. The van der Waals surface area contributed by atoms with Crippen LogP contribution in [0.5, 0.6) is 5.75 Å². The Balaban J connectivity index is 2.96. The summed E-state index contributed by atoms with van der Waals surface area (Å²) >= 11 is 0. The highest BCUT2D eigenvalue weighted by Crippen LogP contribution is 2.28. The Morgan fingerprint density at radius 2 is 1.92 bits per heavy atom. The molecule has 0 radical (unpaired) electrons. The summed E-state index contributed by atoms with van der Waals surface area (Å²) in [6.45, 7) is 4.75. The van der Waals surface area contributed by atoms with E-state index in [9.17, 15) is 19.7 Å². The lowest BCUT2D eigenvalue weighted by atomic mass is 10.1. The van der Waals surface area contributed by atoms with E-state index < -0.39 is 4.92 Å². The highest BCUT2D eigenvalue weighted by atomic mass is 16.6. The molecule has 0 spiro atoms. The van der Waals surface area contributed by atoms with Crippen molar-refractivity contribution in [3.63, 3.8) is 0 Å². The number of unbranched alkanes of at least 4 members (excludes halogenated alkanes) is 2. The first kappa shape index (κ1) is 21.4. The maximum atomic E-state index is 12.8. The van der Waals surface area contributed by atoms with Crippen LogP contribution >= 0.6 is 0 Å². The zero-order chi connectivity index (χ0) is 19.5. The van der Waals surface area contributed by atoms with E-state index >= 15 is 0 Å². The van der Waals surface area contributed by atoms with Crippen LogP contribution in [-0.2, 0) is 9.53 Å². The Labute approximate surface area is 153 Å². The summed E-state index contributed by atoms with van der Waals surface area (Å²) in [6.07, 6.45) is 2.83. The maximum absolute atomic E-state index is 12.8. The third-order valence-corrected chi connectivity index (χ3v) is 3.83. The van der Waals surface area contributed by atoms with E-state index in [0.717, 1.165) is 19.3 Å². The van der Waals surface area contributed by atoms with E-state index in [1.165, 1.54) is 30.2 Å². The summed E-state index contributed by atoms with van der Waals surface area (Å²) in [4.78, 5) is 36.5. The number of hydrogen-bond donors (Lipinski definition) is 0. The van der Waals surface area contributed by atoms with Gasteiger partial charge in [0.2, 0.25) is 0 Å². The maximum Gasteiger partial charge on any atom is 0.311 e. The Hall–Kier alpha value is -2.64. The smallest absolute Gasteiger partial charge is 0.311 e. The number of hydrogen-bond acceptors (Lipinski definition) is 6. The Bertz CT molecular complexity index is 632. The molecule has 8 heteroatoms. The molecular formula is C18H26N2O6. The standard InChI is InChI=1S/C18H26N2O6/c1-4-6-7-11-19(12-10-17(21)26-5-2)18(22)14-8-9-16(25-3)15(13-14)20(23)24/h8-9,13H,4-7,10-12H2,1-3H3. The summed E-state index contributed by atoms with van der Waals surface area (Å²) in [6, 6.07) is 4.10. The minimum atomic E-state index is -0.588. The van der Waals surface area contributed by atoms with Crippen molar-refractivity contribution >= 4 is 17.6 Å². The molecule has 144 valence electrons. The number of benzene rings is 1. The van der Waals surface area contributed by atoms with Crippen molar-refractivity contribution in [1.82, 2.24) is 4.90 Å². The Kier molecular flexibility index (Phi) is 9.11. The number of nitrogens with zero attached hydrogens (tertiary/aromatic N) is 2. The summed E-state index contributed by atoms with van der Waals surface area (Å²) in [5.74, 6) is -0.631. The Morgan fingerprint density at radius 3 is 2.50 bits per heavy atom. The fourth-order valence-electron chi connectivity index (χ4n) is 2.48. The van der Waals surface area contributed by atoms with Gasteiger partial charge in [-0.2, -0.15) is 0 Å². The van der Waals surface area contributed by atoms with Crippen LogP contribution in [0.2, 0.25) is 0 Å². The predicted molar refractivity (Wildman–Crippen MR) is 96.3 cm³/mol. The molecule has 0 aliphatic rings. The highest BCUT2D eigenvalue weighted by molar-refractivity contribution is 5.95. The highest BCUT2D eigenvalue weighted by Gasteiger charge is 2.22. The van der Waals surface area contributed by atoms with E-state index in [0.29, 0.717) is 6.54 Å². The molecule has 1 aromatic carbocycles. The van der Waals surface area contributed by atoms with Crippen molar-refractivity contribution in [1.29, 1.82) is 0 Å². The molecule has 0 saturated carbocycles. The van der Waals surface area contributed by atoms with Gasteiger partial charge in [0, 0.05) is 24.7 Å². The number of nitro groups is 1. The molecule has 0 aliphatic heterocycles. The molecule has 8 nitrogen and oxygen atoms in total. The molecule has 0 aromatic heterocycles. The zero-order valence-corrected chi connectivity index (χ0v) is 15.5. The first-order valence-corrected chi connectivity index (χ1v) is 8.71. The number of methoxy groups -OCH3 is 1. The van der Waals surface area contributed by atoms with Crippen LogP contribution in [0.4, 0.5) is 5.69 Å². The first-order chi connectivity index (χ1) is 12.4. The first-order valence-electron chi connectivity index (χ1n) is 8.71. The molecule has 0 heterocycles. The third-order valence-electron chi connectivity index (χ3n) is 3.83. The second-order valence-electron chi connectivity index (χ2n) is 5.70. The number of carbonyl (C=O) groups excluding carboxylic acids is 2. The number of ether oxygens (including phenoxy) is 2. The van der Waals surface area contributed by atoms with Crippen LogP contribution in [0.15, 0.2) is 18.2 Å². The molecule has 1 amide bonds. The van der Waals surface area contributed by atoms with Gasteiger partial charge in [0.25, 0.3) is 5.91 Å². The van der Waals surface area contributed by atoms with Crippen molar-refractivity contribution in [3.8, 4) is 5.75 Å². The largest absolute Gasteiger partial charge is 0.490 e. The van der Waals surface area contributed by atoms with Gasteiger partial charge in [-0.05, 0) is 25.5 Å². The van der Waals surface area contributed by atoms with Crippen molar-refractivity contribution in [2.45, 2.75) is 39.5 Å². The topological polar surface area (TPSA) is 99.0 Å². The molecule has 0 fully saturated rings. The molecule has 26 heavy (non-hydrogen) atoms. The van der Waals surface area contributed by atoms with Crippen molar-refractivity contribution in [2.75, 3.05) is 26.8 Å². The fraction of sp³-hybridized carbons (Fsp3) is 0.556. The summed E-state index contributed by atoms with van der Waals surface area (Å²) < 4.78 is 9.86. The molecule has 0 aliphatic carbocycles. The van der Waals surface area contributed by atoms with Crippen LogP contribution in [0.25, 0.3) is 0 Å². The number of nitro benzene ring substituents is 1. The SMILES string of the molecule is CCCCCN(CCC(=O)OCC)C(=O)c1ccc(OC)c([N+](=O)[O-])c1. The van der Waals surface area contributed by atoms with Crippen molar-refractivity contribution in [3.05, 3.63) is 33.9 Å². The van der Waals surface area contributed by atoms with Crippen molar-refractivity contribution < 1.29 is 24.0 Å². The number of esters is 1. The van der Waals surface area contributed by atoms with Gasteiger partial charge in [0.15, 0.2) is 5.75 Å². The molecule has 1 aromatic rings. The average molecular weight is 366 g/mol. The van der Waals surface area contributed by atoms with Gasteiger partial charge >= 0.3 is 11.7 Å². The van der Waals surface area contributed by atoms with Gasteiger partial charge in [0.1, 0.15) is 0 Å². The van der Waals surface area contributed by atoms with Gasteiger partial charge in [-0.1, -0.05) is 19.8 Å². The van der Waals surface area contributed by atoms with E-state index in [1.54, 1.807) is 6.92 Å². The van der Waals surface area contributed by atoms with E-state index in [2.05, 4.69) is 6.92 Å².